The summed E-state index contributed by atoms with van der Waals surface area (Å²) in [5, 5.41) is 9.13. The topological polar surface area (TPSA) is 53.1 Å². The normalized spacial score (nSPS) is 18.6. The Morgan fingerprint density at radius 1 is 1.00 bits per heavy atom. The van der Waals surface area contributed by atoms with Gasteiger partial charge < -0.3 is 15.5 Å². The van der Waals surface area contributed by atoms with Crippen LogP contribution in [0.5, 0.6) is 0 Å². The zero-order valence-corrected chi connectivity index (χ0v) is 20.4. The van der Waals surface area contributed by atoms with Crippen LogP contribution in [-0.2, 0) is 0 Å². The summed E-state index contributed by atoms with van der Waals surface area (Å²) in [6, 6.07) is 16.7. The molecule has 0 saturated heterocycles. The van der Waals surface area contributed by atoms with Crippen LogP contribution in [-0.4, -0.2) is 48.9 Å². The van der Waals surface area contributed by atoms with Crippen molar-refractivity contribution in [3.8, 4) is 0 Å². The number of nitrogens with zero attached hydrogens (tertiary/aromatic N) is 3. The molecule has 0 aliphatic heterocycles. The average Bonchev–Trinajstić information content (AvgIpc) is 2.80. The van der Waals surface area contributed by atoms with Gasteiger partial charge in [-0.15, -0.1) is 11.8 Å². The zero-order chi connectivity index (χ0) is 22.3. The standard InChI is InChI=1S/C25H32ClN5S/c1-31(2)24-22-5-3-4-6-23(22)29-25(30-24)28-20-11-7-18(8-12-20)17-27-15-16-32-21-13-9-19(26)10-14-21/h3-6,9-10,13-14,18,20,27H,7-8,11-12,15-17H2,1-2H3,(H,28,29,30)/t18-,20+. The number of hydrogen-bond donors (Lipinski definition) is 2. The maximum atomic E-state index is 5.94. The van der Waals surface area contributed by atoms with Crippen molar-refractivity contribution in [1.29, 1.82) is 0 Å². The molecule has 2 aromatic carbocycles. The molecule has 1 heterocycles. The summed E-state index contributed by atoms with van der Waals surface area (Å²) < 4.78 is 0. The Morgan fingerprint density at radius 3 is 2.50 bits per heavy atom. The molecule has 1 aliphatic carbocycles. The molecule has 3 aromatic rings. The van der Waals surface area contributed by atoms with Gasteiger partial charge in [-0.25, -0.2) is 4.98 Å². The number of rotatable bonds is 9. The Kier molecular flexibility index (Phi) is 8.11. The lowest BCUT2D eigenvalue weighted by Gasteiger charge is -2.29. The van der Waals surface area contributed by atoms with Crippen LogP contribution < -0.4 is 15.5 Å². The monoisotopic (exact) mass is 469 g/mol. The van der Waals surface area contributed by atoms with Crippen LogP contribution in [0.3, 0.4) is 0 Å². The van der Waals surface area contributed by atoms with Gasteiger partial charge in [0.05, 0.1) is 5.52 Å². The minimum absolute atomic E-state index is 0.447. The lowest BCUT2D eigenvalue weighted by Crippen LogP contribution is -2.32. The van der Waals surface area contributed by atoms with Crippen LogP contribution in [0.15, 0.2) is 53.4 Å². The van der Waals surface area contributed by atoms with Crippen molar-refractivity contribution < 1.29 is 0 Å². The van der Waals surface area contributed by atoms with E-state index in [0.29, 0.717) is 6.04 Å². The predicted octanol–water partition coefficient (Wildman–Crippen LogP) is 5.70. The van der Waals surface area contributed by atoms with E-state index in [1.54, 1.807) is 0 Å². The van der Waals surface area contributed by atoms with Gasteiger partial charge >= 0.3 is 0 Å². The molecule has 1 saturated carbocycles. The third-order valence-corrected chi connectivity index (χ3v) is 7.25. The number of fused-ring (bicyclic) bond motifs is 1. The molecule has 32 heavy (non-hydrogen) atoms. The molecule has 1 aliphatic rings. The molecule has 1 aromatic heterocycles. The molecule has 2 N–H and O–H groups in total. The minimum atomic E-state index is 0.447. The highest BCUT2D eigenvalue weighted by atomic mass is 35.5. The van der Waals surface area contributed by atoms with Crippen molar-refractivity contribution in [3.05, 3.63) is 53.6 Å². The average molecular weight is 470 g/mol. The Balaban J connectivity index is 1.20. The van der Waals surface area contributed by atoms with Gasteiger partial charge in [0.2, 0.25) is 5.95 Å². The summed E-state index contributed by atoms with van der Waals surface area (Å²) in [6.45, 7) is 2.13. The van der Waals surface area contributed by atoms with Gasteiger partial charge in [0, 0.05) is 47.7 Å². The number of nitrogens with one attached hydrogen (secondary N) is 2. The summed E-state index contributed by atoms with van der Waals surface area (Å²) in [4.78, 5) is 12.9. The summed E-state index contributed by atoms with van der Waals surface area (Å²) in [6.07, 6.45) is 4.81. The van der Waals surface area contributed by atoms with Crippen molar-refractivity contribution in [1.82, 2.24) is 15.3 Å². The van der Waals surface area contributed by atoms with Crippen molar-refractivity contribution >= 4 is 46.0 Å². The van der Waals surface area contributed by atoms with E-state index in [2.05, 4.69) is 39.8 Å². The SMILES string of the molecule is CN(C)c1nc(N[C@H]2CC[C@@H](CNCCSc3ccc(Cl)cc3)CC2)nc2ccccc12. The fraction of sp³-hybridized carbons (Fsp3) is 0.440. The second-order valence-corrected chi connectivity index (χ2v) is 10.3. The lowest BCUT2D eigenvalue weighted by molar-refractivity contribution is 0.326. The molecule has 0 amide bonds. The third kappa shape index (κ3) is 6.27. The van der Waals surface area contributed by atoms with Gasteiger partial charge in [-0.3, -0.25) is 0 Å². The van der Waals surface area contributed by atoms with Gasteiger partial charge in [-0.2, -0.15) is 4.98 Å². The molecule has 0 radical (unpaired) electrons. The molecular weight excluding hydrogens is 438 g/mol. The van der Waals surface area contributed by atoms with E-state index in [4.69, 9.17) is 21.6 Å². The molecule has 0 unspecified atom stereocenters. The molecule has 7 heteroatoms. The molecular formula is C25H32ClN5S. The number of hydrogen-bond acceptors (Lipinski definition) is 6. The maximum absolute atomic E-state index is 5.94. The Bertz CT molecular complexity index is 1000. The van der Waals surface area contributed by atoms with Crippen LogP contribution in [0.1, 0.15) is 25.7 Å². The summed E-state index contributed by atoms with van der Waals surface area (Å²) >= 11 is 7.82. The fourth-order valence-electron chi connectivity index (χ4n) is 4.24. The van der Waals surface area contributed by atoms with Crippen molar-refractivity contribution in [2.75, 3.05) is 43.2 Å². The Labute approximate surface area is 200 Å². The molecule has 0 spiro atoms. The Hall–Kier alpha value is -2.02. The minimum Gasteiger partial charge on any atom is -0.362 e. The zero-order valence-electron chi connectivity index (χ0n) is 18.9. The Morgan fingerprint density at radius 2 is 1.75 bits per heavy atom. The largest absolute Gasteiger partial charge is 0.362 e. The van der Waals surface area contributed by atoms with Gasteiger partial charge in [0.15, 0.2) is 0 Å². The highest BCUT2D eigenvalue weighted by molar-refractivity contribution is 7.99. The number of thioether (sulfide) groups is 1. The van der Waals surface area contributed by atoms with Crippen molar-refractivity contribution in [2.24, 2.45) is 5.92 Å². The quantitative estimate of drug-likeness (QED) is 0.309. The summed E-state index contributed by atoms with van der Waals surface area (Å²) in [5.74, 6) is 3.54. The first-order valence-corrected chi connectivity index (χ1v) is 12.7. The van der Waals surface area contributed by atoms with E-state index in [1.165, 1.54) is 30.6 Å². The molecule has 0 atom stereocenters. The molecule has 5 nitrogen and oxygen atoms in total. The number of anilines is 2. The smallest absolute Gasteiger partial charge is 0.225 e. The highest BCUT2D eigenvalue weighted by Crippen LogP contribution is 2.28. The molecule has 170 valence electrons. The van der Waals surface area contributed by atoms with Gasteiger partial charge in [-0.05, 0) is 74.5 Å². The van der Waals surface area contributed by atoms with Gasteiger partial charge in [0.1, 0.15) is 5.82 Å². The van der Waals surface area contributed by atoms with Crippen LogP contribution in [0.25, 0.3) is 10.9 Å². The predicted molar refractivity (Wildman–Crippen MR) is 138 cm³/mol. The van der Waals surface area contributed by atoms with Crippen LogP contribution in [0, 0.1) is 5.92 Å². The summed E-state index contributed by atoms with van der Waals surface area (Å²) in [7, 11) is 4.06. The maximum Gasteiger partial charge on any atom is 0.225 e. The van der Waals surface area contributed by atoms with Crippen LogP contribution >= 0.6 is 23.4 Å². The molecule has 4 rings (SSSR count). The van der Waals surface area contributed by atoms with E-state index in [0.717, 1.165) is 52.5 Å². The first kappa shape index (κ1) is 23.1. The molecule has 0 bridgehead atoms. The van der Waals surface area contributed by atoms with Crippen molar-refractivity contribution in [2.45, 2.75) is 36.6 Å². The van der Waals surface area contributed by atoms with Crippen molar-refractivity contribution in [3.63, 3.8) is 0 Å². The first-order valence-electron chi connectivity index (χ1n) is 11.4. The van der Waals surface area contributed by atoms with E-state index < -0.39 is 0 Å². The molecule has 1 fully saturated rings. The van der Waals surface area contributed by atoms with Crippen LogP contribution in [0.4, 0.5) is 11.8 Å². The van der Waals surface area contributed by atoms with E-state index in [1.807, 2.05) is 50.1 Å². The number of benzene rings is 2. The summed E-state index contributed by atoms with van der Waals surface area (Å²) in [5.41, 5.74) is 0.989. The first-order chi connectivity index (χ1) is 15.6. The number of para-hydroxylation sites is 1. The van der Waals surface area contributed by atoms with Gasteiger partial charge in [0.25, 0.3) is 0 Å². The lowest BCUT2D eigenvalue weighted by atomic mass is 9.86. The van der Waals surface area contributed by atoms with E-state index >= 15 is 0 Å². The number of aromatic nitrogens is 2. The van der Waals surface area contributed by atoms with Crippen LogP contribution in [0.2, 0.25) is 5.02 Å². The number of halogens is 1. The highest BCUT2D eigenvalue weighted by Gasteiger charge is 2.22. The second-order valence-electron chi connectivity index (χ2n) is 8.65. The fourth-order valence-corrected chi connectivity index (χ4v) is 5.17. The second kappa shape index (κ2) is 11.2. The van der Waals surface area contributed by atoms with Gasteiger partial charge in [-0.1, -0.05) is 23.7 Å². The third-order valence-electron chi connectivity index (χ3n) is 5.98. The van der Waals surface area contributed by atoms with E-state index in [-0.39, 0.29) is 0 Å². The van der Waals surface area contributed by atoms with E-state index in [9.17, 15) is 0 Å².